The lowest BCUT2D eigenvalue weighted by atomic mass is 10.1. The van der Waals surface area contributed by atoms with Gasteiger partial charge in [0, 0.05) is 10.9 Å². The zero-order valence-electron chi connectivity index (χ0n) is 11.8. The number of carbonyl (C=O) groups is 2. The summed E-state index contributed by atoms with van der Waals surface area (Å²) in [5.41, 5.74) is 5.86. The van der Waals surface area contributed by atoms with Gasteiger partial charge >= 0.3 is 11.8 Å². The Bertz CT molecular complexity index is 762. The second-order valence-electron chi connectivity index (χ2n) is 4.66. The minimum absolute atomic E-state index is 0.00729. The topological polar surface area (TPSA) is 89.8 Å². The molecule has 2 amide bonds. The van der Waals surface area contributed by atoms with Crippen LogP contribution in [-0.4, -0.2) is 25.0 Å². The summed E-state index contributed by atoms with van der Waals surface area (Å²) in [5.74, 6) is -0.981. The highest BCUT2D eigenvalue weighted by molar-refractivity contribution is 6.00. The molecule has 7 nitrogen and oxygen atoms in total. The summed E-state index contributed by atoms with van der Waals surface area (Å²) >= 11 is 0. The van der Waals surface area contributed by atoms with Gasteiger partial charge in [0.2, 0.25) is 5.76 Å². The molecule has 0 saturated carbocycles. The number of ether oxygens (including phenoxy) is 2. The first-order valence-corrected chi connectivity index (χ1v) is 6.70. The Morgan fingerprint density at radius 1 is 1.09 bits per heavy atom. The van der Waals surface area contributed by atoms with Gasteiger partial charge in [0.25, 0.3) is 0 Å². The molecule has 0 fully saturated rings. The molecule has 0 radical (unpaired) electrons. The van der Waals surface area contributed by atoms with Gasteiger partial charge in [0.05, 0.1) is 0 Å². The normalized spacial score (nSPS) is 13.8. The van der Waals surface area contributed by atoms with E-state index < -0.39 is 11.8 Å². The highest BCUT2D eigenvalue weighted by atomic mass is 16.6. The molecule has 2 aromatic rings. The maximum atomic E-state index is 12.1. The van der Waals surface area contributed by atoms with Gasteiger partial charge < -0.3 is 13.9 Å². The highest BCUT2D eigenvalue weighted by Gasteiger charge is 2.20. The summed E-state index contributed by atoms with van der Waals surface area (Å²) in [6.45, 7) is 2.46. The van der Waals surface area contributed by atoms with Gasteiger partial charge in [-0.3, -0.25) is 20.4 Å². The standard InChI is InChI=1S/C15H14N2O5/c1-9-10-4-2-3-5-11(10)22-13(9)15(19)17-16-14(18)12-8-20-6-7-21-12/h2-5,8H,6-7H2,1H3,(H,16,18)(H,17,19). The molecular formula is C15H14N2O5. The van der Waals surface area contributed by atoms with E-state index in [4.69, 9.17) is 13.9 Å². The average molecular weight is 302 g/mol. The molecule has 3 rings (SSSR count). The number of nitrogens with one attached hydrogen (secondary N) is 2. The molecule has 1 aliphatic heterocycles. The molecule has 0 spiro atoms. The summed E-state index contributed by atoms with van der Waals surface area (Å²) in [5, 5.41) is 0.852. The number of hydrazine groups is 1. The van der Waals surface area contributed by atoms with Crippen molar-refractivity contribution in [2.45, 2.75) is 6.92 Å². The minimum atomic E-state index is -0.596. The van der Waals surface area contributed by atoms with E-state index in [1.54, 1.807) is 13.0 Å². The maximum Gasteiger partial charge on any atom is 0.308 e. The van der Waals surface area contributed by atoms with Crippen molar-refractivity contribution >= 4 is 22.8 Å². The molecular weight excluding hydrogens is 288 g/mol. The van der Waals surface area contributed by atoms with Crippen molar-refractivity contribution in [3.8, 4) is 0 Å². The van der Waals surface area contributed by atoms with Crippen LogP contribution in [0, 0.1) is 6.92 Å². The molecule has 114 valence electrons. The quantitative estimate of drug-likeness (QED) is 0.818. The van der Waals surface area contributed by atoms with E-state index in [-0.39, 0.29) is 18.1 Å². The molecule has 2 heterocycles. The monoisotopic (exact) mass is 302 g/mol. The van der Waals surface area contributed by atoms with Crippen molar-refractivity contribution in [2.24, 2.45) is 0 Å². The third-order valence-electron chi connectivity index (χ3n) is 3.21. The van der Waals surface area contributed by atoms with E-state index in [0.29, 0.717) is 17.8 Å². The molecule has 22 heavy (non-hydrogen) atoms. The van der Waals surface area contributed by atoms with Crippen LogP contribution < -0.4 is 10.9 Å². The number of furan rings is 1. The first-order valence-electron chi connectivity index (χ1n) is 6.70. The molecule has 1 aliphatic rings. The summed E-state index contributed by atoms with van der Waals surface area (Å²) in [6, 6.07) is 7.32. The largest absolute Gasteiger partial charge is 0.494 e. The van der Waals surface area contributed by atoms with Gasteiger partial charge in [0.1, 0.15) is 25.1 Å². The predicted molar refractivity (Wildman–Crippen MR) is 76.5 cm³/mol. The lowest BCUT2D eigenvalue weighted by Crippen LogP contribution is -2.43. The van der Waals surface area contributed by atoms with Crippen LogP contribution in [0.2, 0.25) is 0 Å². The van der Waals surface area contributed by atoms with Crippen LogP contribution in [0.1, 0.15) is 16.1 Å². The Morgan fingerprint density at radius 3 is 2.59 bits per heavy atom. The molecule has 1 aromatic heterocycles. The van der Waals surface area contributed by atoms with Crippen LogP contribution in [0.3, 0.4) is 0 Å². The molecule has 0 aliphatic carbocycles. The van der Waals surface area contributed by atoms with Crippen LogP contribution in [0.4, 0.5) is 0 Å². The molecule has 0 saturated heterocycles. The Kier molecular flexibility index (Phi) is 3.69. The van der Waals surface area contributed by atoms with Crippen LogP contribution in [0.5, 0.6) is 0 Å². The third kappa shape index (κ3) is 2.60. The van der Waals surface area contributed by atoms with E-state index in [0.717, 1.165) is 5.39 Å². The van der Waals surface area contributed by atoms with Crippen LogP contribution >= 0.6 is 0 Å². The molecule has 7 heteroatoms. The lowest BCUT2D eigenvalue weighted by molar-refractivity contribution is -0.123. The van der Waals surface area contributed by atoms with E-state index in [2.05, 4.69) is 10.9 Å². The molecule has 2 N–H and O–H groups in total. The first-order chi connectivity index (χ1) is 10.7. The Balaban J connectivity index is 1.70. The summed E-state index contributed by atoms with van der Waals surface area (Å²) < 4.78 is 15.6. The van der Waals surface area contributed by atoms with Gasteiger partial charge in [-0.25, -0.2) is 0 Å². The smallest absolute Gasteiger partial charge is 0.308 e. The van der Waals surface area contributed by atoms with E-state index in [9.17, 15) is 9.59 Å². The Morgan fingerprint density at radius 2 is 1.86 bits per heavy atom. The SMILES string of the molecule is Cc1c(C(=O)NNC(=O)C2=COCCO2)oc2ccccc12. The molecule has 0 atom stereocenters. The number of hydrogen-bond donors (Lipinski definition) is 2. The van der Waals surface area contributed by atoms with Crippen molar-refractivity contribution in [3.05, 3.63) is 47.6 Å². The maximum absolute atomic E-state index is 12.1. The van der Waals surface area contributed by atoms with Gasteiger partial charge in [-0.2, -0.15) is 0 Å². The number of rotatable bonds is 2. The summed E-state index contributed by atoms with van der Waals surface area (Å²) in [7, 11) is 0. The van der Waals surface area contributed by atoms with Crippen molar-refractivity contribution in [1.29, 1.82) is 0 Å². The van der Waals surface area contributed by atoms with E-state index >= 15 is 0 Å². The summed E-state index contributed by atoms with van der Waals surface area (Å²) in [4.78, 5) is 23.9. The van der Waals surface area contributed by atoms with Crippen LogP contribution in [-0.2, 0) is 14.3 Å². The number of carbonyl (C=O) groups excluding carboxylic acids is 2. The van der Waals surface area contributed by atoms with E-state index in [1.165, 1.54) is 6.26 Å². The predicted octanol–water partition coefficient (Wildman–Crippen LogP) is 1.39. The number of amides is 2. The fourth-order valence-electron chi connectivity index (χ4n) is 2.11. The molecule has 0 bridgehead atoms. The zero-order valence-corrected chi connectivity index (χ0v) is 11.8. The fraction of sp³-hybridized carbons (Fsp3) is 0.200. The molecule has 0 unspecified atom stereocenters. The number of fused-ring (bicyclic) bond motifs is 1. The Hall–Kier alpha value is -2.96. The number of aryl methyl sites for hydroxylation is 1. The Labute approximate surface area is 125 Å². The first kappa shape index (κ1) is 14.0. The van der Waals surface area contributed by atoms with Crippen molar-refractivity contribution in [2.75, 3.05) is 13.2 Å². The molecule has 1 aromatic carbocycles. The van der Waals surface area contributed by atoms with Crippen LogP contribution in [0.25, 0.3) is 11.0 Å². The minimum Gasteiger partial charge on any atom is -0.494 e. The van der Waals surface area contributed by atoms with Crippen molar-refractivity contribution in [1.82, 2.24) is 10.9 Å². The second-order valence-corrected chi connectivity index (χ2v) is 4.66. The van der Waals surface area contributed by atoms with Crippen molar-refractivity contribution in [3.63, 3.8) is 0 Å². The van der Waals surface area contributed by atoms with Gasteiger partial charge in [0.15, 0.2) is 5.76 Å². The van der Waals surface area contributed by atoms with Gasteiger partial charge in [-0.15, -0.1) is 0 Å². The summed E-state index contributed by atoms with van der Waals surface area (Å²) in [6.07, 6.45) is 1.21. The third-order valence-corrected chi connectivity index (χ3v) is 3.21. The highest BCUT2D eigenvalue weighted by Crippen LogP contribution is 2.24. The average Bonchev–Trinajstić information content (AvgIpc) is 2.90. The number of para-hydroxylation sites is 1. The zero-order chi connectivity index (χ0) is 15.5. The van der Waals surface area contributed by atoms with E-state index in [1.807, 2.05) is 18.2 Å². The van der Waals surface area contributed by atoms with Crippen molar-refractivity contribution < 1.29 is 23.5 Å². The van der Waals surface area contributed by atoms with Crippen LogP contribution in [0.15, 0.2) is 40.7 Å². The fourth-order valence-corrected chi connectivity index (χ4v) is 2.11. The van der Waals surface area contributed by atoms with Gasteiger partial charge in [-0.1, -0.05) is 18.2 Å². The lowest BCUT2D eigenvalue weighted by Gasteiger charge is -2.15. The van der Waals surface area contributed by atoms with Gasteiger partial charge in [-0.05, 0) is 13.0 Å². The number of hydrogen-bond acceptors (Lipinski definition) is 5. The second kappa shape index (κ2) is 5.80. The number of benzene rings is 1.